The van der Waals surface area contributed by atoms with Crippen LogP contribution in [0.15, 0.2) is 0 Å². The van der Waals surface area contributed by atoms with Gasteiger partial charge in [0.1, 0.15) is 0 Å². The minimum Gasteiger partial charge on any atom is -0.341 e. The van der Waals surface area contributed by atoms with Gasteiger partial charge in [0, 0.05) is 46.3 Å². The van der Waals surface area contributed by atoms with E-state index in [1.54, 1.807) is 23.3 Å². The molecule has 122 valence electrons. The smallest absolute Gasteiger partial charge is 0.317 e. The molecule has 1 heterocycles. The molecule has 8 heteroatoms. The van der Waals surface area contributed by atoms with Gasteiger partial charge >= 0.3 is 6.03 Å². The lowest BCUT2D eigenvalue weighted by molar-refractivity contribution is 0.169. The standard InChI is InChI=1S/C13H26N4O3S/c1-14-13(18)16-8-10-17(11-9-16)21(19,20)15(2)12-6-4-3-5-7-12/h12H,3-11H2,1-2H3,(H,14,18). The van der Waals surface area contributed by atoms with Gasteiger partial charge in [-0.1, -0.05) is 19.3 Å². The SMILES string of the molecule is CNC(=O)N1CCN(S(=O)(=O)N(C)C2CCCCC2)CC1. The number of carbonyl (C=O) groups is 1. The second-order valence-corrected chi connectivity index (χ2v) is 7.75. The van der Waals surface area contributed by atoms with Gasteiger partial charge in [-0.3, -0.25) is 0 Å². The molecule has 2 rings (SSSR count). The Kier molecular flexibility index (Phi) is 5.45. The number of nitrogens with zero attached hydrogens (tertiary/aromatic N) is 3. The molecule has 1 N–H and O–H groups in total. The van der Waals surface area contributed by atoms with E-state index < -0.39 is 10.2 Å². The summed E-state index contributed by atoms with van der Waals surface area (Å²) in [6, 6.07) is -0.0200. The van der Waals surface area contributed by atoms with Crippen LogP contribution in [-0.4, -0.2) is 74.3 Å². The third-order valence-electron chi connectivity index (χ3n) is 4.52. The summed E-state index contributed by atoms with van der Waals surface area (Å²) in [5.41, 5.74) is 0. The zero-order valence-electron chi connectivity index (χ0n) is 12.9. The number of nitrogens with one attached hydrogen (secondary N) is 1. The van der Waals surface area contributed by atoms with E-state index in [1.165, 1.54) is 10.7 Å². The van der Waals surface area contributed by atoms with Gasteiger partial charge in [-0.2, -0.15) is 17.0 Å². The maximum Gasteiger partial charge on any atom is 0.317 e. The van der Waals surface area contributed by atoms with Gasteiger partial charge in [-0.25, -0.2) is 4.79 Å². The Morgan fingerprint density at radius 1 is 1.10 bits per heavy atom. The van der Waals surface area contributed by atoms with Crippen LogP contribution in [0.25, 0.3) is 0 Å². The molecule has 21 heavy (non-hydrogen) atoms. The second-order valence-electron chi connectivity index (χ2n) is 5.76. The highest BCUT2D eigenvalue weighted by atomic mass is 32.2. The normalized spacial score (nSPS) is 22.5. The van der Waals surface area contributed by atoms with E-state index in [9.17, 15) is 13.2 Å². The number of carbonyl (C=O) groups excluding carboxylic acids is 1. The van der Waals surface area contributed by atoms with Crippen LogP contribution >= 0.6 is 0 Å². The van der Waals surface area contributed by atoms with Crippen LogP contribution in [0.5, 0.6) is 0 Å². The molecule has 1 aliphatic carbocycles. The maximum atomic E-state index is 12.7. The molecule has 2 fully saturated rings. The molecule has 2 aliphatic rings. The number of piperazine rings is 1. The van der Waals surface area contributed by atoms with E-state index in [4.69, 9.17) is 0 Å². The molecule has 0 radical (unpaired) electrons. The van der Waals surface area contributed by atoms with Crippen LogP contribution < -0.4 is 5.32 Å². The predicted octanol–water partition coefficient (Wildman–Crippen LogP) is 0.453. The quantitative estimate of drug-likeness (QED) is 0.821. The zero-order valence-corrected chi connectivity index (χ0v) is 13.7. The van der Waals surface area contributed by atoms with E-state index in [0.29, 0.717) is 26.2 Å². The fourth-order valence-electron chi connectivity index (χ4n) is 3.10. The molecule has 1 aliphatic heterocycles. The van der Waals surface area contributed by atoms with Crippen molar-refractivity contribution >= 4 is 16.2 Å². The van der Waals surface area contributed by atoms with Crippen LogP contribution in [0, 0.1) is 0 Å². The summed E-state index contributed by atoms with van der Waals surface area (Å²) in [6.07, 6.45) is 5.32. The van der Waals surface area contributed by atoms with Crippen molar-refractivity contribution in [3.05, 3.63) is 0 Å². The minimum absolute atomic E-state index is 0.126. The average Bonchev–Trinajstić information content (AvgIpc) is 2.54. The number of hydrogen-bond donors (Lipinski definition) is 1. The molecule has 0 unspecified atom stereocenters. The van der Waals surface area contributed by atoms with Crippen LogP contribution in [0.3, 0.4) is 0 Å². The molecule has 0 atom stereocenters. The largest absolute Gasteiger partial charge is 0.341 e. The first-order chi connectivity index (χ1) is 9.96. The summed E-state index contributed by atoms with van der Waals surface area (Å²) >= 11 is 0. The summed E-state index contributed by atoms with van der Waals surface area (Å²) < 4.78 is 28.4. The summed E-state index contributed by atoms with van der Waals surface area (Å²) in [6.45, 7) is 1.62. The van der Waals surface area contributed by atoms with Gasteiger partial charge < -0.3 is 10.2 Å². The molecule has 0 aromatic rings. The van der Waals surface area contributed by atoms with Gasteiger partial charge in [-0.05, 0) is 12.8 Å². The number of urea groups is 1. The van der Waals surface area contributed by atoms with Crippen molar-refractivity contribution in [1.29, 1.82) is 0 Å². The van der Waals surface area contributed by atoms with Crippen molar-refractivity contribution in [1.82, 2.24) is 18.8 Å². The average molecular weight is 318 g/mol. The van der Waals surface area contributed by atoms with Gasteiger partial charge in [0.15, 0.2) is 0 Å². The molecule has 0 bridgehead atoms. The zero-order chi connectivity index (χ0) is 15.5. The van der Waals surface area contributed by atoms with Crippen molar-refractivity contribution in [2.75, 3.05) is 40.3 Å². The molecule has 1 saturated heterocycles. The molecule has 0 aromatic heterocycles. The lowest BCUT2D eigenvalue weighted by Gasteiger charge is -2.38. The molecular formula is C13H26N4O3S. The van der Waals surface area contributed by atoms with Crippen LogP contribution in [-0.2, 0) is 10.2 Å². The molecule has 2 amide bonds. The number of amides is 2. The highest BCUT2D eigenvalue weighted by Gasteiger charge is 2.35. The summed E-state index contributed by atoms with van der Waals surface area (Å²) in [5, 5.41) is 2.57. The Morgan fingerprint density at radius 2 is 1.67 bits per heavy atom. The predicted molar refractivity (Wildman–Crippen MR) is 81.2 cm³/mol. The van der Waals surface area contributed by atoms with Gasteiger partial charge in [0.25, 0.3) is 10.2 Å². The van der Waals surface area contributed by atoms with Gasteiger partial charge in [-0.15, -0.1) is 0 Å². The van der Waals surface area contributed by atoms with Crippen molar-refractivity contribution in [2.45, 2.75) is 38.1 Å². The Hall–Kier alpha value is -0.860. The third-order valence-corrected chi connectivity index (χ3v) is 6.56. The van der Waals surface area contributed by atoms with Gasteiger partial charge in [0.05, 0.1) is 0 Å². The highest BCUT2D eigenvalue weighted by Crippen LogP contribution is 2.25. The van der Waals surface area contributed by atoms with Crippen LogP contribution in [0.4, 0.5) is 4.79 Å². The molecule has 1 saturated carbocycles. The summed E-state index contributed by atoms with van der Waals surface area (Å²) in [7, 11) is -0.133. The van der Waals surface area contributed by atoms with Crippen molar-refractivity contribution in [2.24, 2.45) is 0 Å². The Bertz CT molecular complexity index is 454. The van der Waals surface area contributed by atoms with E-state index in [-0.39, 0.29) is 12.1 Å². The second kappa shape index (κ2) is 6.93. The molecule has 7 nitrogen and oxygen atoms in total. The fraction of sp³-hybridized carbons (Fsp3) is 0.923. The Morgan fingerprint density at radius 3 is 2.19 bits per heavy atom. The van der Waals surface area contributed by atoms with E-state index >= 15 is 0 Å². The summed E-state index contributed by atoms with van der Waals surface area (Å²) in [4.78, 5) is 13.2. The van der Waals surface area contributed by atoms with E-state index in [1.807, 2.05) is 0 Å². The highest BCUT2D eigenvalue weighted by molar-refractivity contribution is 7.86. The number of rotatable bonds is 3. The lowest BCUT2D eigenvalue weighted by Crippen LogP contribution is -2.56. The number of hydrogen-bond acceptors (Lipinski definition) is 3. The fourth-order valence-corrected chi connectivity index (χ4v) is 4.67. The van der Waals surface area contributed by atoms with Crippen molar-refractivity contribution in [3.8, 4) is 0 Å². The van der Waals surface area contributed by atoms with E-state index in [0.717, 1.165) is 25.7 Å². The minimum atomic E-state index is -3.41. The lowest BCUT2D eigenvalue weighted by atomic mass is 9.96. The summed E-state index contributed by atoms with van der Waals surface area (Å²) in [5.74, 6) is 0. The van der Waals surface area contributed by atoms with Crippen LogP contribution in [0.1, 0.15) is 32.1 Å². The third kappa shape index (κ3) is 3.67. The topological polar surface area (TPSA) is 73.0 Å². The first kappa shape index (κ1) is 16.5. The molecular weight excluding hydrogens is 292 g/mol. The first-order valence-electron chi connectivity index (χ1n) is 7.66. The van der Waals surface area contributed by atoms with Gasteiger partial charge in [0.2, 0.25) is 0 Å². The first-order valence-corrected chi connectivity index (χ1v) is 9.06. The van der Waals surface area contributed by atoms with Crippen molar-refractivity contribution < 1.29 is 13.2 Å². The molecule has 0 aromatic carbocycles. The molecule has 0 spiro atoms. The Balaban J connectivity index is 1.95. The van der Waals surface area contributed by atoms with E-state index in [2.05, 4.69) is 5.32 Å². The Labute approximate surface area is 127 Å². The maximum absolute atomic E-state index is 12.7. The monoisotopic (exact) mass is 318 g/mol. The van der Waals surface area contributed by atoms with Crippen LogP contribution in [0.2, 0.25) is 0 Å². The van der Waals surface area contributed by atoms with Crippen molar-refractivity contribution in [3.63, 3.8) is 0 Å².